The van der Waals surface area contributed by atoms with Gasteiger partial charge in [0, 0.05) is 17.4 Å². The van der Waals surface area contributed by atoms with Crippen LogP contribution in [0.4, 0.5) is 0 Å². The first-order valence-corrected chi connectivity index (χ1v) is 7.71. The van der Waals surface area contributed by atoms with E-state index in [-0.39, 0.29) is 0 Å². The van der Waals surface area contributed by atoms with E-state index in [0.717, 1.165) is 22.7 Å². The number of para-hydroxylation sites is 1. The molecule has 4 rings (SSSR count). The molecule has 3 heteroatoms. The summed E-state index contributed by atoms with van der Waals surface area (Å²) < 4.78 is 2.14. The van der Waals surface area contributed by atoms with Gasteiger partial charge >= 0.3 is 0 Å². The van der Waals surface area contributed by atoms with Crippen LogP contribution in [-0.2, 0) is 0 Å². The van der Waals surface area contributed by atoms with Crippen LogP contribution < -0.4 is 0 Å². The Morgan fingerprint density at radius 1 is 0.783 bits per heavy atom. The normalized spacial score (nSPS) is 11.0. The van der Waals surface area contributed by atoms with Gasteiger partial charge < -0.3 is 0 Å². The molecule has 0 aliphatic heterocycles. The molecule has 0 amide bonds. The predicted octanol–water partition coefficient (Wildman–Crippen LogP) is 4.70. The second-order valence-corrected chi connectivity index (χ2v) is 5.72. The Bertz CT molecular complexity index is 964. The molecule has 23 heavy (non-hydrogen) atoms. The third-order valence-electron chi connectivity index (χ3n) is 4.14. The van der Waals surface area contributed by atoms with Crippen LogP contribution in [0.3, 0.4) is 0 Å². The minimum Gasteiger partial charge on any atom is -0.277 e. The van der Waals surface area contributed by atoms with E-state index >= 15 is 0 Å². The Morgan fingerprint density at radius 3 is 2.26 bits per heavy atom. The lowest BCUT2D eigenvalue weighted by Gasteiger charge is -2.12. The standard InChI is InChI=1S/C20H17N3/c1-14-8-6-9-15(2)18(14)20-22-17-12-7-13-21-19(17)23(20)16-10-4-3-5-11-16/h3-13H,1-2H3. The molecular formula is C20H17N3. The number of imidazole rings is 1. The van der Waals surface area contributed by atoms with Gasteiger partial charge in [-0.3, -0.25) is 4.57 Å². The number of benzene rings is 2. The van der Waals surface area contributed by atoms with Gasteiger partial charge in [-0.15, -0.1) is 0 Å². The van der Waals surface area contributed by atoms with Crippen molar-refractivity contribution in [2.45, 2.75) is 13.8 Å². The summed E-state index contributed by atoms with van der Waals surface area (Å²) in [6, 6.07) is 20.6. The van der Waals surface area contributed by atoms with Gasteiger partial charge in [0.1, 0.15) is 11.3 Å². The lowest BCUT2D eigenvalue weighted by Crippen LogP contribution is -2.00. The maximum Gasteiger partial charge on any atom is 0.164 e. The quantitative estimate of drug-likeness (QED) is 0.537. The Kier molecular flexibility index (Phi) is 3.19. The highest BCUT2D eigenvalue weighted by atomic mass is 15.1. The van der Waals surface area contributed by atoms with Gasteiger partial charge in [0.15, 0.2) is 5.65 Å². The molecule has 3 nitrogen and oxygen atoms in total. The van der Waals surface area contributed by atoms with Gasteiger partial charge in [0.2, 0.25) is 0 Å². The van der Waals surface area contributed by atoms with Gasteiger partial charge in [-0.1, -0.05) is 36.4 Å². The molecule has 0 fully saturated rings. The number of pyridine rings is 1. The molecule has 0 unspecified atom stereocenters. The summed E-state index contributed by atoms with van der Waals surface area (Å²) in [5.41, 5.74) is 6.49. The summed E-state index contributed by atoms with van der Waals surface area (Å²) in [6.45, 7) is 4.26. The summed E-state index contributed by atoms with van der Waals surface area (Å²) in [5, 5.41) is 0. The summed E-state index contributed by atoms with van der Waals surface area (Å²) in [5.74, 6) is 0.945. The van der Waals surface area contributed by atoms with E-state index in [1.165, 1.54) is 16.7 Å². The molecule has 0 atom stereocenters. The molecular weight excluding hydrogens is 282 g/mol. The van der Waals surface area contributed by atoms with Crippen molar-refractivity contribution < 1.29 is 0 Å². The molecule has 0 N–H and O–H groups in total. The lowest BCUT2D eigenvalue weighted by molar-refractivity contribution is 1.07. The fraction of sp³-hybridized carbons (Fsp3) is 0.100. The highest BCUT2D eigenvalue weighted by Crippen LogP contribution is 2.31. The van der Waals surface area contributed by atoms with E-state index in [1.807, 2.05) is 36.5 Å². The van der Waals surface area contributed by atoms with Crippen LogP contribution in [0, 0.1) is 13.8 Å². The monoisotopic (exact) mass is 299 g/mol. The molecule has 4 aromatic rings. The van der Waals surface area contributed by atoms with Crippen molar-refractivity contribution in [2.75, 3.05) is 0 Å². The summed E-state index contributed by atoms with van der Waals surface area (Å²) in [4.78, 5) is 9.44. The number of hydrogen-bond donors (Lipinski definition) is 0. The first kappa shape index (κ1) is 13.7. The van der Waals surface area contributed by atoms with Crippen LogP contribution in [0.15, 0.2) is 66.9 Å². The SMILES string of the molecule is Cc1cccc(C)c1-c1nc2cccnc2n1-c1ccccc1. The minimum absolute atomic E-state index is 0.886. The third-order valence-corrected chi connectivity index (χ3v) is 4.14. The van der Waals surface area contributed by atoms with Crippen LogP contribution >= 0.6 is 0 Å². The molecule has 0 saturated carbocycles. The minimum atomic E-state index is 0.886. The molecule has 0 aliphatic rings. The summed E-state index contributed by atoms with van der Waals surface area (Å²) in [6.07, 6.45) is 1.82. The highest BCUT2D eigenvalue weighted by Gasteiger charge is 2.17. The van der Waals surface area contributed by atoms with Crippen molar-refractivity contribution >= 4 is 11.2 Å². The fourth-order valence-corrected chi connectivity index (χ4v) is 3.07. The van der Waals surface area contributed by atoms with Crippen LogP contribution in [0.5, 0.6) is 0 Å². The van der Waals surface area contributed by atoms with Crippen molar-refractivity contribution in [3.05, 3.63) is 78.0 Å². The van der Waals surface area contributed by atoms with Crippen molar-refractivity contribution in [1.29, 1.82) is 0 Å². The number of rotatable bonds is 2. The topological polar surface area (TPSA) is 30.7 Å². The second-order valence-electron chi connectivity index (χ2n) is 5.72. The first-order chi connectivity index (χ1) is 11.3. The van der Waals surface area contributed by atoms with Gasteiger partial charge in [0.05, 0.1) is 0 Å². The number of fused-ring (bicyclic) bond motifs is 1. The number of aryl methyl sites for hydroxylation is 2. The van der Waals surface area contributed by atoms with Gasteiger partial charge in [-0.25, -0.2) is 9.97 Å². The summed E-state index contributed by atoms with van der Waals surface area (Å²) >= 11 is 0. The zero-order chi connectivity index (χ0) is 15.8. The largest absolute Gasteiger partial charge is 0.277 e. The van der Waals surface area contributed by atoms with Crippen LogP contribution in [0.1, 0.15) is 11.1 Å². The third kappa shape index (κ3) is 2.21. The molecule has 0 radical (unpaired) electrons. The second kappa shape index (κ2) is 5.36. The lowest BCUT2D eigenvalue weighted by atomic mass is 10.0. The molecule has 0 spiro atoms. The van der Waals surface area contributed by atoms with Crippen molar-refractivity contribution in [3.63, 3.8) is 0 Å². The maximum atomic E-state index is 4.88. The van der Waals surface area contributed by atoms with Crippen LogP contribution in [-0.4, -0.2) is 14.5 Å². The molecule has 0 aliphatic carbocycles. The van der Waals surface area contributed by atoms with E-state index in [4.69, 9.17) is 4.98 Å². The summed E-state index contributed by atoms with van der Waals surface area (Å²) in [7, 11) is 0. The Labute approximate surface area is 135 Å². The number of aromatic nitrogens is 3. The van der Waals surface area contributed by atoms with Crippen LogP contribution in [0.2, 0.25) is 0 Å². The van der Waals surface area contributed by atoms with E-state index in [0.29, 0.717) is 0 Å². The van der Waals surface area contributed by atoms with Crippen LogP contribution in [0.25, 0.3) is 28.2 Å². The average molecular weight is 299 g/mol. The zero-order valence-corrected chi connectivity index (χ0v) is 13.2. The van der Waals surface area contributed by atoms with Crippen molar-refractivity contribution in [2.24, 2.45) is 0 Å². The molecule has 2 aromatic heterocycles. The van der Waals surface area contributed by atoms with Gasteiger partial charge in [0.25, 0.3) is 0 Å². The van der Waals surface area contributed by atoms with E-state index in [9.17, 15) is 0 Å². The Morgan fingerprint density at radius 2 is 1.52 bits per heavy atom. The maximum absolute atomic E-state index is 4.88. The molecule has 2 aromatic carbocycles. The van der Waals surface area contributed by atoms with Gasteiger partial charge in [-0.2, -0.15) is 0 Å². The van der Waals surface area contributed by atoms with E-state index in [1.54, 1.807) is 0 Å². The average Bonchev–Trinajstić information content (AvgIpc) is 2.94. The Hall–Kier alpha value is -2.94. The zero-order valence-electron chi connectivity index (χ0n) is 13.2. The highest BCUT2D eigenvalue weighted by molar-refractivity contribution is 5.81. The number of hydrogen-bond acceptors (Lipinski definition) is 2. The predicted molar refractivity (Wildman–Crippen MR) is 93.8 cm³/mol. The first-order valence-electron chi connectivity index (χ1n) is 7.71. The fourth-order valence-electron chi connectivity index (χ4n) is 3.07. The van der Waals surface area contributed by atoms with Gasteiger partial charge in [-0.05, 0) is 49.2 Å². The van der Waals surface area contributed by atoms with Crippen molar-refractivity contribution in [3.8, 4) is 17.1 Å². The van der Waals surface area contributed by atoms with E-state index in [2.05, 4.69) is 53.7 Å². The number of nitrogens with zero attached hydrogens (tertiary/aromatic N) is 3. The molecule has 112 valence electrons. The molecule has 2 heterocycles. The van der Waals surface area contributed by atoms with Crippen molar-refractivity contribution in [1.82, 2.24) is 14.5 Å². The van der Waals surface area contributed by atoms with E-state index < -0.39 is 0 Å². The molecule has 0 saturated heterocycles. The Balaban J connectivity index is 2.12. The molecule has 0 bridgehead atoms. The smallest absolute Gasteiger partial charge is 0.164 e.